The second-order valence-corrected chi connectivity index (χ2v) is 6.88. The molecule has 0 aromatic heterocycles. The van der Waals surface area contributed by atoms with Gasteiger partial charge in [-0.2, -0.15) is 0 Å². The Morgan fingerprint density at radius 2 is 2.00 bits per heavy atom. The van der Waals surface area contributed by atoms with Crippen LogP contribution in [0.15, 0.2) is 23.1 Å². The van der Waals surface area contributed by atoms with Crippen molar-refractivity contribution in [2.45, 2.75) is 44.7 Å². The Morgan fingerprint density at radius 1 is 1.29 bits per heavy atom. The monoisotopic (exact) mass is 314 g/mol. The van der Waals surface area contributed by atoms with Gasteiger partial charge in [0.05, 0.1) is 17.6 Å². The molecule has 0 radical (unpaired) electrons. The molecule has 6 heteroatoms. The zero-order valence-electron chi connectivity index (χ0n) is 13.3. The first-order valence-corrected chi connectivity index (χ1v) is 8.76. The van der Waals surface area contributed by atoms with Gasteiger partial charge in [-0.15, -0.1) is 0 Å². The summed E-state index contributed by atoms with van der Waals surface area (Å²) in [7, 11) is -1.66. The number of ether oxygens (including phenoxy) is 1. The van der Waals surface area contributed by atoms with Crippen molar-refractivity contribution in [3.63, 3.8) is 0 Å². The summed E-state index contributed by atoms with van der Waals surface area (Å²) in [5.74, 6) is 0. The van der Waals surface area contributed by atoms with Crippen molar-refractivity contribution in [2.24, 2.45) is 0 Å². The molecule has 0 heterocycles. The minimum absolute atomic E-state index is 0.0969. The van der Waals surface area contributed by atoms with Gasteiger partial charge in [0.1, 0.15) is 0 Å². The van der Waals surface area contributed by atoms with Crippen molar-refractivity contribution in [1.82, 2.24) is 10.0 Å². The quantitative estimate of drug-likeness (QED) is 0.681. The molecule has 0 saturated carbocycles. The Morgan fingerprint density at radius 3 is 2.57 bits per heavy atom. The fraction of sp³-hybridized carbons (Fsp3) is 0.600. The van der Waals surface area contributed by atoms with Crippen LogP contribution in [0.5, 0.6) is 0 Å². The highest BCUT2D eigenvalue weighted by atomic mass is 32.2. The maximum absolute atomic E-state index is 12.4. The highest BCUT2D eigenvalue weighted by molar-refractivity contribution is 7.89. The summed E-state index contributed by atoms with van der Waals surface area (Å²) < 4.78 is 32.8. The molecule has 0 aliphatic carbocycles. The summed E-state index contributed by atoms with van der Waals surface area (Å²) in [6, 6.07) is 5.57. The summed E-state index contributed by atoms with van der Waals surface area (Å²) in [6.07, 6.45) is 0.776. The first kappa shape index (κ1) is 18.1. The van der Waals surface area contributed by atoms with Crippen molar-refractivity contribution >= 4 is 10.0 Å². The van der Waals surface area contributed by atoms with Gasteiger partial charge in [0.25, 0.3) is 0 Å². The zero-order valence-corrected chi connectivity index (χ0v) is 14.1. The molecule has 0 bridgehead atoms. The first-order valence-electron chi connectivity index (χ1n) is 7.28. The molecular formula is C15H26N2O3S. The van der Waals surface area contributed by atoms with Crippen LogP contribution in [0, 0.1) is 0 Å². The molecule has 5 nitrogen and oxygen atoms in total. The lowest BCUT2D eigenvalue weighted by molar-refractivity contribution is 0.0834. The minimum atomic E-state index is -3.50. The fourth-order valence-corrected chi connectivity index (χ4v) is 3.38. The van der Waals surface area contributed by atoms with E-state index in [1.807, 2.05) is 40.0 Å². The van der Waals surface area contributed by atoms with E-state index in [0.29, 0.717) is 24.5 Å². The number of aryl methyl sites for hydroxylation is 1. The van der Waals surface area contributed by atoms with Gasteiger partial charge in [0, 0.05) is 13.1 Å². The van der Waals surface area contributed by atoms with E-state index in [1.165, 1.54) is 0 Å². The van der Waals surface area contributed by atoms with Crippen LogP contribution in [0.3, 0.4) is 0 Å². The smallest absolute Gasteiger partial charge is 0.240 e. The molecule has 0 unspecified atom stereocenters. The van der Waals surface area contributed by atoms with E-state index < -0.39 is 10.0 Å². The predicted molar refractivity (Wildman–Crippen MR) is 84.9 cm³/mol. The lowest BCUT2D eigenvalue weighted by Gasteiger charge is -2.13. The summed E-state index contributed by atoms with van der Waals surface area (Å²) >= 11 is 0. The molecule has 0 spiro atoms. The van der Waals surface area contributed by atoms with Gasteiger partial charge < -0.3 is 10.1 Å². The number of hydrogen-bond acceptors (Lipinski definition) is 4. The third-order valence-electron chi connectivity index (χ3n) is 3.03. The number of sulfonamides is 1. The third-order valence-corrected chi connectivity index (χ3v) is 4.57. The molecule has 1 aromatic rings. The van der Waals surface area contributed by atoms with Crippen LogP contribution in [-0.2, 0) is 27.7 Å². The maximum atomic E-state index is 12.4. The second-order valence-electron chi connectivity index (χ2n) is 5.14. The van der Waals surface area contributed by atoms with E-state index in [0.717, 1.165) is 11.1 Å². The number of rotatable bonds is 9. The Labute approximate surface area is 128 Å². The third kappa shape index (κ3) is 5.74. The van der Waals surface area contributed by atoms with Crippen molar-refractivity contribution in [1.29, 1.82) is 0 Å². The number of nitrogens with one attached hydrogen (secondary N) is 2. The van der Waals surface area contributed by atoms with E-state index in [9.17, 15) is 8.42 Å². The van der Waals surface area contributed by atoms with Gasteiger partial charge in [-0.05, 0) is 44.5 Å². The molecule has 1 rings (SSSR count). The average molecular weight is 314 g/mol. The summed E-state index contributed by atoms with van der Waals surface area (Å²) in [4.78, 5) is 0.363. The van der Waals surface area contributed by atoms with Gasteiger partial charge in [-0.1, -0.05) is 19.1 Å². The van der Waals surface area contributed by atoms with Crippen LogP contribution in [0.4, 0.5) is 0 Å². The summed E-state index contributed by atoms with van der Waals surface area (Å²) in [6.45, 7) is 7.08. The highest BCUT2D eigenvalue weighted by Gasteiger charge is 2.18. The van der Waals surface area contributed by atoms with E-state index in [-0.39, 0.29) is 12.6 Å². The minimum Gasteiger partial charge on any atom is -0.377 e. The second kappa shape index (κ2) is 8.48. The summed E-state index contributed by atoms with van der Waals surface area (Å²) in [5, 5.41) is 3.03. The molecule has 1 aromatic carbocycles. The van der Waals surface area contributed by atoms with Gasteiger partial charge in [-0.3, -0.25) is 0 Å². The topological polar surface area (TPSA) is 67.4 Å². The molecule has 0 amide bonds. The normalized spacial score (nSPS) is 12.0. The summed E-state index contributed by atoms with van der Waals surface area (Å²) in [5.41, 5.74) is 1.78. The van der Waals surface area contributed by atoms with Crippen LogP contribution in [-0.4, -0.2) is 34.7 Å². The average Bonchev–Trinajstić information content (AvgIpc) is 2.44. The van der Waals surface area contributed by atoms with Crippen LogP contribution in [0.1, 0.15) is 31.9 Å². The molecular weight excluding hydrogens is 288 g/mol. The number of hydrogen-bond donors (Lipinski definition) is 2. The Kier molecular flexibility index (Phi) is 7.31. The Balaban J connectivity index is 2.87. The molecule has 2 N–H and O–H groups in total. The molecule has 0 saturated heterocycles. The SMILES string of the molecule is CCc1ccc(CNC)cc1S(=O)(=O)NCCOC(C)C. The van der Waals surface area contributed by atoms with Crippen molar-refractivity contribution in [2.75, 3.05) is 20.2 Å². The van der Waals surface area contributed by atoms with Crippen molar-refractivity contribution in [3.05, 3.63) is 29.3 Å². The lowest BCUT2D eigenvalue weighted by Crippen LogP contribution is -2.29. The largest absolute Gasteiger partial charge is 0.377 e. The molecule has 0 aliphatic heterocycles. The molecule has 0 aliphatic rings. The van der Waals surface area contributed by atoms with Crippen LogP contribution in [0.25, 0.3) is 0 Å². The van der Waals surface area contributed by atoms with Crippen LogP contribution < -0.4 is 10.0 Å². The predicted octanol–water partition coefficient (Wildman–Crippen LogP) is 1.67. The van der Waals surface area contributed by atoms with Crippen molar-refractivity contribution in [3.8, 4) is 0 Å². The van der Waals surface area contributed by atoms with E-state index in [1.54, 1.807) is 6.07 Å². The molecule has 21 heavy (non-hydrogen) atoms. The molecule has 120 valence electrons. The van der Waals surface area contributed by atoms with E-state index in [4.69, 9.17) is 4.74 Å². The standard InChI is InChI=1S/C15H26N2O3S/c1-5-14-7-6-13(11-16-4)10-15(14)21(18,19)17-8-9-20-12(2)3/h6-7,10,12,16-17H,5,8-9,11H2,1-4H3. The van der Waals surface area contributed by atoms with E-state index >= 15 is 0 Å². The van der Waals surface area contributed by atoms with Gasteiger partial charge in [0.2, 0.25) is 10.0 Å². The van der Waals surface area contributed by atoms with Crippen LogP contribution in [0.2, 0.25) is 0 Å². The first-order chi connectivity index (χ1) is 9.90. The fourth-order valence-electron chi connectivity index (χ4n) is 2.00. The Bertz CT molecular complexity index is 542. The lowest BCUT2D eigenvalue weighted by atomic mass is 10.1. The van der Waals surface area contributed by atoms with Gasteiger partial charge in [0.15, 0.2) is 0 Å². The maximum Gasteiger partial charge on any atom is 0.240 e. The van der Waals surface area contributed by atoms with E-state index in [2.05, 4.69) is 10.0 Å². The van der Waals surface area contributed by atoms with Crippen LogP contribution >= 0.6 is 0 Å². The zero-order chi connectivity index (χ0) is 15.9. The van der Waals surface area contributed by atoms with Crippen molar-refractivity contribution < 1.29 is 13.2 Å². The highest BCUT2D eigenvalue weighted by Crippen LogP contribution is 2.18. The molecule has 0 fully saturated rings. The number of benzene rings is 1. The van der Waals surface area contributed by atoms with Gasteiger partial charge in [-0.25, -0.2) is 13.1 Å². The molecule has 0 atom stereocenters. The van der Waals surface area contributed by atoms with Gasteiger partial charge >= 0.3 is 0 Å². The Hall–Kier alpha value is -0.950.